The molecule has 1 N–H and O–H groups in total. The number of nitrogens with one attached hydrogen (secondary N) is 1. The molecule has 0 bridgehead atoms. The minimum atomic E-state index is -0.214. The Morgan fingerprint density at radius 1 is 1.20 bits per heavy atom. The van der Waals surface area contributed by atoms with E-state index in [0.29, 0.717) is 5.41 Å². The minimum Gasteiger partial charge on any atom is -0.311 e. The van der Waals surface area contributed by atoms with Crippen LogP contribution < -0.4 is 5.32 Å². The predicted molar refractivity (Wildman–Crippen MR) is 83.3 cm³/mol. The molecule has 20 heavy (non-hydrogen) atoms. The molecule has 1 aromatic heterocycles. The molecule has 2 rings (SSSR count). The van der Waals surface area contributed by atoms with E-state index < -0.39 is 0 Å². The van der Waals surface area contributed by atoms with E-state index in [1.165, 1.54) is 12.1 Å². The molecule has 0 aliphatic rings. The second-order valence-corrected chi connectivity index (χ2v) is 7.00. The molecule has 0 aliphatic heterocycles. The van der Waals surface area contributed by atoms with E-state index in [4.69, 9.17) is 0 Å². The fourth-order valence-electron chi connectivity index (χ4n) is 1.79. The van der Waals surface area contributed by atoms with Gasteiger partial charge in [-0.3, -0.25) is 0 Å². The van der Waals surface area contributed by atoms with Gasteiger partial charge in [0, 0.05) is 17.5 Å². The predicted octanol–water partition coefficient (Wildman–Crippen LogP) is 4.48. The van der Waals surface area contributed by atoms with Crippen LogP contribution in [0.4, 0.5) is 4.39 Å². The number of nitrogens with zero attached hydrogens (tertiary/aromatic N) is 1. The Labute approximate surface area is 124 Å². The first kappa shape index (κ1) is 15.1. The summed E-state index contributed by atoms with van der Waals surface area (Å²) in [5, 5.41) is 6.42. The summed E-state index contributed by atoms with van der Waals surface area (Å²) >= 11 is 1.60. The topological polar surface area (TPSA) is 24.9 Å². The molecule has 4 heteroatoms. The first-order chi connectivity index (χ1) is 9.44. The first-order valence-electron chi connectivity index (χ1n) is 6.85. The molecule has 0 unspecified atom stereocenters. The fraction of sp³-hybridized carbons (Fsp3) is 0.438. The van der Waals surface area contributed by atoms with Crippen LogP contribution in [0.3, 0.4) is 0 Å². The Hall–Kier alpha value is -1.26. The Balaban J connectivity index is 1.88. The van der Waals surface area contributed by atoms with Crippen LogP contribution in [-0.4, -0.2) is 11.5 Å². The van der Waals surface area contributed by atoms with Crippen LogP contribution in [0.15, 0.2) is 29.6 Å². The zero-order valence-corrected chi connectivity index (χ0v) is 13.1. The van der Waals surface area contributed by atoms with Crippen molar-refractivity contribution in [3.05, 3.63) is 41.2 Å². The summed E-state index contributed by atoms with van der Waals surface area (Å²) in [5.74, 6) is -0.214. The lowest BCUT2D eigenvalue weighted by Gasteiger charge is -2.17. The standard InChI is InChI=1S/C16H21FN2S/c1-16(2,3)8-9-18-10-14-11-20-15(19-14)12-4-6-13(17)7-5-12/h4-7,11,18H,8-10H2,1-3H3. The van der Waals surface area contributed by atoms with Crippen molar-refractivity contribution in [1.82, 2.24) is 10.3 Å². The highest BCUT2D eigenvalue weighted by atomic mass is 32.1. The van der Waals surface area contributed by atoms with Gasteiger partial charge in [-0.25, -0.2) is 9.37 Å². The normalized spacial score (nSPS) is 11.8. The third kappa shape index (κ3) is 4.69. The average Bonchev–Trinajstić information content (AvgIpc) is 2.83. The molecule has 0 atom stereocenters. The molecule has 108 valence electrons. The second kappa shape index (κ2) is 6.46. The number of hydrogen-bond donors (Lipinski definition) is 1. The van der Waals surface area contributed by atoms with Crippen LogP contribution in [0, 0.1) is 11.2 Å². The van der Waals surface area contributed by atoms with Crippen molar-refractivity contribution in [1.29, 1.82) is 0 Å². The molecule has 2 aromatic rings. The Bertz CT molecular complexity index is 540. The fourth-order valence-corrected chi connectivity index (χ4v) is 2.62. The average molecular weight is 292 g/mol. The van der Waals surface area contributed by atoms with Crippen LogP contribution in [0.2, 0.25) is 0 Å². The van der Waals surface area contributed by atoms with Crippen molar-refractivity contribution < 1.29 is 4.39 Å². The molecule has 1 aromatic carbocycles. The lowest BCUT2D eigenvalue weighted by Crippen LogP contribution is -2.20. The zero-order valence-electron chi connectivity index (χ0n) is 12.2. The molecule has 0 spiro atoms. The third-order valence-corrected chi connectivity index (χ3v) is 3.94. The maximum absolute atomic E-state index is 12.9. The van der Waals surface area contributed by atoms with E-state index in [2.05, 4.69) is 36.5 Å². The smallest absolute Gasteiger partial charge is 0.123 e. The van der Waals surface area contributed by atoms with E-state index in [-0.39, 0.29) is 5.82 Å². The van der Waals surface area contributed by atoms with Gasteiger partial charge in [-0.2, -0.15) is 0 Å². The number of halogens is 1. The monoisotopic (exact) mass is 292 g/mol. The zero-order chi connectivity index (χ0) is 14.6. The van der Waals surface area contributed by atoms with Gasteiger partial charge in [0.15, 0.2) is 0 Å². The molecule has 0 radical (unpaired) electrons. The van der Waals surface area contributed by atoms with Gasteiger partial charge in [-0.05, 0) is 42.6 Å². The van der Waals surface area contributed by atoms with E-state index >= 15 is 0 Å². The lowest BCUT2D eigenvalue weighted by atomic mass is 9.92. The van der Waals surface area contributed by atoms with Crippen LogP contribution in [0.5, 0.6) is 0 Å². The molecule has 2 nitrogen and oxygen atoms in total. The van der Waals surface area contributed by atoms with Crippen molar-refractivity contribution in [3.63, 3.8) is 0 Å². The largest absolute Gasteiger partial charge is 0.311 e. The van der Waals surface area contributed by atoms with Crippen LogP contribution in [-0.2, 0) is 6.54 Å². The minimum absolute atomic E-state index is 0.214. The molecule has 0 saturated carbocycles. The first-order valence-corrected chi connectivity index (χ1v) is 7.73. The van der Waals surface area contributed by atoms with E-state index in [1.807, 2.05) is 0 Å². The lowest BCUT2D eigenvalue weighted by molar-refractivity contribution is 0.366. The van der Waals surface area contributed by atoms with Gasteiger partial charge in [-0.1, -0.05) is 20.8 Å². The maximum atomic E-state index is 12.9. The summed E-state index contributed by atoms with van der Waals surface area (Å²) in [4.78, 5) is 4.58. The Morgan fingerprint density at radius 3 is 2.55 bits per heavy atom. The summed E-state index contributed by atoms with van der Waals surface area (Å²) in [6.45, 7) is 8.50. The molecule has 0 amide bonds. The van der Waals surface area contributed by atoms with Crippen molar-refractivity contribution in [2.75, 3.05) is 6.54 Å². The summed E-state index contributed by atoms with van der Waals surface area (Å²) in [5.41, 5.74) is 2.37. The van der Waals surface area contributed by atoms with Gasteiger partial charge in [0.1, 0.15) is 10.8 Å². The molecular weight excluding hydrogens is 271 g/mol. The summed E-state index contributed by atoms with van der Waals surface area (Å²) in [7, 11) is 0. The highest BCUT2D eigenvalue weighted by Gasteiger charge is 2.09. The molecular formula is C16H21FN2S. The van der Waals surface area contributed by atoms with Gasteiger partial charge in [-0.15, -0.1) is 11.3 Å². The van der Waals surface area contributed by atoms with Gasteiger partial charge in [0.25, 0.3) is 0 Å². The Kier molecular flexibility index (Phi) is 4.89. The number of benzene rings is 1. The van der Waals surface area contributed by atoms with Gasteiger partial charge < -0.3 is 5.32 Å². The van der Waals surface area contributed by atoms with Crippen molar-refractivity contribution in [3.8, 4) is 10.6 Å². The van der Waals surface area contributed by atoms with Crippen LogP contribution >= 0.6 is 11.3 Å². The van der Waals surface area contributed by atoms with E-state index in [9.17, 15) is 4.39 Å². The third-order valence-electron chi connectivity index (χ3n) is 3.00. The van der Waals surface area contributed by atoms with E-state index in [0.717, 1.165) is 35.8 Å². The van der Waals surface area contributed by atoms with Crippen molar-refractivity contribution in [2.24, 2.45) is 5.41 Å². The van der Waals surface area contributed by atoms with Gasteiger partial charge >= 0.3 is 0 Å². The summed E-state index contributed by atoms with van der Waals surface area (Å²) in [6.07, 6.45) is 1.14. The SMILES string of the molecule is CC(C)(C)CCNCc1csc(-c2ccc(F)cc2)n1. The molecule has 0 saturated heterocycles. The van der Waals surface area contributed by atoms with Crippen molar-refractivity contribution in [2.45, 2.75) is 33.7 Å². The number of thiazole rings is 1. The number of hydrogen-bond acceptors (Lipinski definition) is 3. The van der Waals surface area contributed by atoms with Gasteiger partial charge in [0.05, 0.1) is 5.69 Å². The van der Waals surface area contributed by atoms with Crippen LogP contribution in [0.25, 0.3) is 10.6 Å². The number of rotatable bonds is 5. The molecule has 1 heterocycles. The maximum Gasteiger partial charge on any atom is 0.123 e. The van der Waals surface area contributed by atoms with Gasteiger partial charge in [0.2, 0.25) is 0 Å². The van der Waals surface area contributed by atoms with E-state index in [1.54, 1.807) is 23.5 Å². The quantitative estimate of drug-likeness (QED) is 0.822. The summed E-state index contributed by atoms with van der Waals surface area (Å²) < 4.78 is 12.9. The highest BCUT2D eigenvalue weighted by molar-refractivity contribution is 7.13. The summed E-state index contributed by atoms with van der Waals surface area (Å²) in [6, 6.07) is 6.48. The Morgan fingerprint density at radius 2 is 1.90 bits per heavy atom. The second-order valence-electron chi connectivity index (χ2n) is 6.14. The number of aromatic nitrogens is 1. The van der Waals surface area contributed by atoms with Crippen molar-refractivity contribution >= 4 is 11.3 Å². The molecule has 0 fully saturated rings. The highest BCUT2D eigenvalue weighted by Crippen LogP contribution is 2.24. The van der Waals surface area contributed by atoms with Crippen LogP contribution in [0.1, 0.15) is 32.9 Å². The molecule has 0 aliphatic carbocycles.